The Hall–Kier alpha value is -4.36. The van der Waals surface area contributed by atoms with E-state index in [0.717, 1.165) is 27.1 Å². The molecular formula is C31H31BrN6O5S. The van der Waals surface area contributed by atoms with E-state index < -0.39 is 0 Å². The maximum Gasteiger partial charge on any atom is 0.253 e. The average Bonchev–Trinajstić information content (AvgIpc) is 3.66. The van der Waals surface area contributed by atoms with E-state index >= 15 is 0 Å². The van der Waals surface area contributed by atoms with Crippen molar-refractivity contribution >= 4 is 45.2 Å². The largest absolute Gasteiger partial charge is 0.497 e. The van der Waals surface area contributed by atoms with Gasteiger partial charge in [-0.3, -0.25) is 9.59 Å². The number of hydrogen-bond acceptors (Lipinski definition) is 9. The third kappa shape index (κ3) is 6.89. The molecule has 0 aliphatic carbocycles. The minimum Gasteiger partial charge on any atom is -0.497 e. The molecule has 0 bridgehead atoms. The van der Waals surface area contributed by atoms with E-state index in [9.17, 15) is 9.59 Å². The highest BCUT2D eigenvalue weighted by molar-refractivity contribution is 9.10. The van der Waals surface area contributed by atoms with Crippen molar-refractivity contribution in [3.8, 4) is 17.2 Å². The molecule has 5 rings (SSSR count). The second-order valence-corrected chi connectivity index (χ2v) is 11.6. The van der Waals surface area contributed by atoms with Crippen molar-refractivity contribution < 1.29 is 23.8 Å². The first kappa shape index (κ1) is 31.1. The van der Waals surface area contributed by atoms with E-state index in [0.29, 0.717) is 34.5 Å². The second-order valence-electron chi connectivity index (χ2n) is 9.78. The fraction of sp³-hybridized carbons (Fsp3) is 0.258. The van der Waals surface area contributed by atoms with Crippen molar-refractivity contribution in [3.63, 3.8) is 0 Å². The molecule has 1 aliphatic rings. The number of carbonyl (C=O) groups excluding carboxylic acids is 2. The maximum atomic E-state index is 13.6. The Kier molecular flexibility index (Phi) is 9.85. The van der Waals surface area contributed by atoms with Crippen LogP contribution < -0.4 is 19.5 Å². The summed E-state index contributed by atoms with van der Waals surface area (Å²) in [5, 5.41) is 18.2. The van der Waals surface area contributed by atoms with E-state index in [-0.39, 0.29) is 30.2 Å². The number of hydrogen-bond donors (Lipinski definition) is 1. The number of carbonyl (C=O) groups is 2. The number of aromatic nitrogens is 3. The van der Waals surface area contributed by atoms with Gasteiger partial charge in [-0.15, -0.1) is 10.2 Å². The summed E-state index contributed by atoms with van der Waals surface area (Å²) in [6.45, 7) is 0.150. The van der Waals surface area contributed by atoms with Gasteiger partial charge in [-0.1, -0.05) is 52.0 Å². The molecule has 1 atom stereocenters. The van der Waals surface area contributed by atoms with E-state index in [4.69, 9.17) is 19.3 Å². The number of ether oxygens (including phenoxy) is 3. The highest BCUT2D eigenvalue weighted by Crippen LogP contribution is 2.35. The lowest BCUT2D eigenvalue weighted by molar-refractivity contribution is -0.130. The molecule has 11 nitrogen and oxygen atoms in total. The first-order valence-electron chi connectivity index (χ1n) is 13.6. The second kappa shape index (κ2) is 14.0. The fourth-order valence-electron chi connectivity index (χ4n) is 4.70. The lowest BCUT2D eigenvalue weighted by atomic mass is 9.98. The number of halogens is 1. The summed E-state index contributed by atoms with van der Waals surface area (Å²) in [7, 11) is 6.47. The molecule has 2 heterocycles. The summed E-state index contributed by atoms with van der Waals surface area (Å²) in [5.74, 6) is 1.93. The van der Waals surface area contributed by atoms with Crippen LogP contribution in [0.2, 0.25) is 0 Å². The van der Waals surface area contributed by atoms with Gasteiger partial charge in [-0.2, -0.15) is 5.10 Å². The molecule has 0 radical (unpaired) electrons. The molecule has 228 valence electrons. The van der Waals surface area contributed by atoms with Gasteiger partial charge in [0.05, 0.1) is 45.4 Å². The predicted octanol–water partition coefficient (Wildman–Crippen LogP) is 5.00. The fourth-order valence-corrected chi connectivity index (χ4v) is 5.75. The van der Waals surface area contributed by atoms with Crippen LogP contribution in [-0.4, -0.2) is 64.4 Å². The van der Waals surface area contributed by atoms with Crippen LogP contribution in [0.5, 0.6) is 17.2 Å². The van der Waals surface area contributed by atoms with Crippen molar-refractivity contribution in [2.45, 2.75) is 24.2 Å². The van der Waals surface area contributed by atoms with E-state index in [2.05, 4.69) is 31.4 Å². The first-order valence-corrected chi connectivity index (χ1v) is 15.4. The third-order valence-corrected chi connectivity index (χ3v) is 8.68. The third-order valence-electron chi connectivity index (χ3n) is 7.15. The van der Waals surface area contributed by atoms with Crippen molar-refractivity contribution in [2.24, 2.45) is 12.1 Å². The molecular weight excluding hydrogens is 648 g/mol. The summed E-state index contributed by atoms with van der Waals surface area (Å²) in [5.41, 5.74) is 3.18. The lowest BCUT2D eigenvalue weighted by Gasteiger charge is -2.22. The Bertz CT molecular complexity index is 1680. The number of hydrazone groups is 1. The predicted molar refractivity (Wildman–Crippen MR) is 170 cm³/mol. The van der Waals surface area contributed by atoms with Gasteiger partial charge < -0.3 is 24.1 Å². The summed E-state index contributed by atoms with van der Waals surface area (Å²) in [4.78, 5) is 26.3. The topological polar surface area (TPSA) is 120 Å². The standard InChI is InChI=1S/C31H31BrN6O5S/c1-37-28(17-33-30(40)21-9-14-26(42-3)27(15-21)43-4)34-35-31(37)44-18-29(39)38-25(20-7-12-23(41-2)13-8-20)16-24(36-38)19-5-10-22(32)11-6-19/h5-15,25H,16-18H2,1-4H3,(H,33,40)/t25-/m0/s1. The van der Waals surface area contributed by atoms with Crippen LogP contribution in [0.1, 0.15) is 39.8 Å². The number of rotatable bonds is 11. The van der Waals surface area contributed by atoms with E-state index in [1.807, 2.05) is 48.5 Å². The first-order chi connectivity index (χ1) is 21.3. The zero-order valence-corrected chi connectivity index (χ0v) is 27.0. The van der Waals surface area contributed by atoms with Crippen LogP contribution in [0.3, 0.4) is 0 Å². The quantitative estimate of drug-likeness (QED) is 0.220. The smallest absolute Gasteiger partial charge is 0.253 e. The molecule has 4 aromatic rings. The van der Waals surface area contributed by atoms with Gasteiger partial charge in [0.25, 0.3) is 11.8 Å². The zero-order chi connectivity index (χ0) is 31.2. The molecule has 0 saturated heterocycles. The molecule has 1 N–H and O–H groups in total. The van der Waals surface area contributed by atoms with Gasteiger partial charge >= 0.3 is 0 Å². The summed E-state index contributed by atoms with van der Waals surface area (Å²) >= 11 is 4.74. The van der Waals surface area contributed by atoms with Gasteiger partial charge in [0, 0.05) is 23.5 Å². The van der Waals surface area contributed by atoms with Crippen LogP contribution in [0.4, 0.5) is 0 Å². The number of amides is 2. The van der Waals surface area contributed by atoms with Crippen LogP contribution in [0, 0.1) is 0 Å². The maximum absolute atomic E-state index is 13.6. The monoisotopic (exact) mass is 678 g/mol. The molecule has 0 fully saturated rings. The van der Waals surface area contributed by atoms with Crippen molar-refractivity contribution in [1.29, 1.82) is 0 Å². The molecule has 44 heavy (non-hydrogen) atoms. The number of thioether (sulfide) groups is 1. The molecule has 0 spiro atoms. The Balaban J connectivity index is 1.25. The Labute approximate surface area is 267 Å². The molecule has 0 unspecified atom stereocenters. The van der Waals surface area contributed by atoms with Crippen molar-refractivity contribution in [1.82, 2.24) is 25.1 Å². The molecule has 1 aromatic heterocycles. The zero-order valence-electron chi connectivity index (χ0n) is 24.6. The SMILES string of the molecule is COc1ccc([C@@H]2CC(c3ccc(Br)cc3)=NN2C(=O)CSc2nnc(CNC(=O)c3ccc(OC)c(OC)c3)n2C)cc1. The van der Waals surface area contributed by atoms with Gasteiger partial charge in [-0.25, -0.2) is 5.01 Å². The molecule has 1 aliphatic heterocycles. The highest BCUT2D eigenvalue weighted by atomic mass is 79.9. The number of methoxy groups -OCH3 is 3. The Morgan fingerprint density at radius 1 is 0.955 bits per heavy atom. The average molecular weight is 680 g/mol. The number of benzene rings is 3. The summed E-state index contributed by atoms with van der Waals surface area (Å²) in [6.07, 6.45) is 0.582. The Morgan fingerprint density at radius 3 is 2.36 bits per heavy atom. The van der Waals surface area contributed by atoms with Crippen molar-refractivity contribution in [3.05, 3.63) is 93.7 Å². The lowest BCUT2D eigenvalue weighted by Crippen LogP contribution is -2.28. The molecule has 3 aromatic carbocycles. The van der Waals surface area contributed by atoms with E-state index in [1.165, 1.54) is 26.0 Å². The van der Waals surface area contributed by atoms with Crippen LogP contribution >= 0.6 is 27.7 Å². The molecule has 13 heteroatoms. The van der Waals surface area contributed by atoms with Crippen LogP contribution in [0.25, 0.3) is 0 Å². The Morgan fingerprint density at radius 2 is 1.68 bits per heavy atom. The van der Waals surface area contributed by atoms with Crippen LogP contribution in [-0.2, 0) is 18.4 Å². The molecule has 2 amide bonds. The van der Waals surface area contributed by atoms with Crippen LogP contribution in [0.15, 0.2) is 81.5 Å². The minimum atomic E-state index is -0.295. The molecule has 0 saturated carbocycles. The summed E-state index contributed by atoms with van der Waals surface area (Å²) in [6, 6.07) is 20.3. The van der Waals surface area contributed by atoms with Gasteiger partial charge in [-0.05, 0) is 53.6 Å². The van der Waals surface area contributed by atoms with E-state index in [1.54, 1.807) is 41.9 Å². The normalized spacial score (nSPS) is 14.2. The minimum absolute atomic E-state index is 0.105. The van der Waals surface area contributed by atoms with Crippen molar-refractivity contribution in [2.75, 3.05) is 27.1 Å². The number of nitrogens with one attached hydrogen (secondary N) is 1. The highest BCUT2D eigenvalue weighted by Gasteiger charge is 2.33. The van der Waals surface area contributed by atoms with Gasteiger partial charge in [0.15, 0.2) is 22.5 Å². The van der Waals surface area contributed by atoms with Gasteiger partial charge in [0.2, 0.25) is 0 Å². The van der Waals surface area contributed by atoms with Gasteiger partial charge in [0.1, 0.15) is 5.75 Å². The number of nitrogens with zero attached hydrogens (tertiary/aromatic N) is 5. The summed E-state index contributed by atoms with van der Waals surface area (Å²) < 4.78 is 18.6.